The first kappa shape index (κ1) is 14.3. The van der Waals surface area contributed by atoms with Crippen LogP contribution in [0.15, 0.2) is 33.2 Å². The lowest BCUT2D eigenvalue weighted by atomic mass is 10.5. The lowest BCUT2D eigenvalue weighted by molar-refractivity contribution is 0.581. The Labute approximate surface area is 122 Å². The number of hydrazine groups is 1. The molecular formula is C9H10BrN5O2S2. The van der Waals surface area contributed by atoms with Gasteiger partial charge < -0.3 is 0 Å². The highest BCUT2D eigenvalue weighted by atomic mass is 79.9. The zero-order valence-electron chi connectivity index (χ0n) is 9.50. The van der Waals surface area contributed by atoms with Gasteiger partial charge in [0.1, 0.15) is 4.90 Å². The maximum Gasteiger partial charge on any atom is 0.243 e. The van der Waals surface area contributed by atoms with Gasteiger partial charge in [-0.05, 0) is 27.4 Å². The highest BCUT2D eigenvalue weighted by Gasteiger charge is 2.15. The van der Waals surface area contributed by atoms with Crippen LogP contribution in [0.3, 0.4) is 0 Å². The average molecular weight is 364 g/mol. The zero-order chi connectivity index (χ0) is 13.9. The normalized spacial score (nSPS) is 11.5. The molecule has 2 aromatic heterocycles. The van der Waals surface area contributed by atoms with Gasteiger partial charge in [0.2, 0.25) is 16.0 Å². The number of nitrogens with two attached hydrogens (primary N) is 1. The Balaban J connectivity index is 2.11. The van der Waals surface area contributed by atoms with Gasteiger partial charge in [0, 0.05) is 15.9 Å². The van der Waals surface area contributed by atoms with Crippen molar-refractivity contribution >= 4 is 43.2 Å². The molecule has 2 aromatic rings. The van der Waals surface area contributed by atoms with E-state index in [0.717, 1.165) is 9.35 Å². The summed E-state index contributed by atoms with van der Waals surface area (Å²) in [6.45, 7) is 0.206. The Morgan fingerprint density at radius 1 is 1.37 bits per heavy atom. The number of nitrogen functional groups attached to an aromatic ring is 1. The predicted octanol–water partition coefficient (Wildman–Crippen LogP) is 1.06. The summed E-state index contributed by atoms with van der Waals surface area (Å²) in [5.74, 6) is 5.26. The lowest BCUT2D eigenvalue weighted by Gasteiger charge is -2.06. The van der Waals surface area contributed by atoms with Gasteiger partial charge in [-0.2, -0.15) is 0 Å². The van der Waals surface area contributed by atoms with Crippen molar-refractivity contribution in [2.24, 2.45) is 5.84 Å². The summed E-state index contributed by atoms with van der Waals surface area (Å²) in [5.41, 5.74) is 2.23. The molecule has 0 saturated heterocycles. The molecule has 0 saturated carbocycles. The third-order valence-electron chi connectivity index (χ3n) is 2.18. The fraction of sp³-hybridized carbons (Fsp3) is 0.111. The number of nitrogens with zero attached hydrogens (tertiary/aromatic N) is 2. The highest BCUT2D eigenvalue weighted by molar-refractivity contribution is 9.10. The van der Waals surface area contributed by atoms with E-state index in [-0.39, 0.29) is 17.4 Å². The summed E-state index contributed by atoms with van der Waals surface area (Å²) < 4.78 is 27.3. The SMILES string of the molecule is NNc1ncc(S(=O)(=O)NCc2sccc2Br)cn1. The molecule has 0 aliphatic heterocycles. The van der Waals surface area contributed by atoms with E-state index in [1.54, 1.807) is 0 Å². The van der Waals surface area contributed by atoms with Crippen LogP contribution in [0.4, 0.5) is 5.95 Å². The summed E-state index contributed by atoms with van der Waals surface area (Å²) in [6.07, 6.45) is 2.38. The quantitative estimate of drug-likeness (QED) is 0.541. The van der Waals surface area contributed by atoms with Gasteiger partial charge in [-0.1, -0.05) is 0 Å². The van der Waals surface area contributed by atoms with Crippen molar-refractivity contribution in [1.82, 2.24) is 14.7 Å². The maximum absolute atomic E-state index is 12.0. The van der Waals surface area contributed by atoms with Crippen LogP contribution in [0.2, 0.25) is 0 Å². The number of thiophene rings is 1. The first-order chi connectivity index (χ1) is 9.03. The number of rotatable bonds is 5. The molecule has 0 atom stereocenters. The van der Waals surface area contributed by atoms with Crippen LogP contribution in [0.1, 0.15) is 4.88 Å². The Morgan fingerprint density at radius 3 is 2.58 bits per heavy atom. The summed E-state index contributed by atoms with van der Waals surface area (Å²) in [6, 6.07) is 1.86. The molecule has 19 heavy (non-hydrogen) atoms. The van der Waals surface area contributed by atoms with E-state index in [4.69, 9.17) is 5.84 Å². The number of anilines is 1. The smallest absolute Gasteiger partial charge is 0.243 e. The minimum absolute atomic E-state index is 0.0146. The molecule has 0 amide bonds. The molecule has 0 bridgehead atoms. The van der Waals surface area contributed by atoms with Gasteiger partial charge in [0.15, 0.2) is 0 Å². The molecule has 4 N–H and O–H groups in total. The van der Waals surface area contributed by atoms with Gasteiger partial charge in [-0.15, -0.1) is 11.3 Å². The van der Waals surface area contributed by atoms with E-state index in [1.807, 2.05) is 11.4 Å². The van der Waals surface area contributed by atoms with Crippen LogP contribution in [-0.2, 0) is 16.6 Å². The maximum atomic E-state index is 12.0. The molecule has 0 fully saturated rings. The third-order valence-corrected chi connectivity index (χ3v) is 5.46. The standard InChI is InChI=1S/C9H10BrN5O2S2/c10-7-1-2-18-8(7)5-14-19(16,17)6-3-12-9(15-11)13-4-6/h1-4,14H,5,11H2,(H,12,13,15). The van der Waals surface area contributed by atoms with Gasteiger partial charge >= 0.3 is 0 Å². The largest absolute Gasteiger partial charge is 0.292 e. The van der Waals surface area contributed by atoms with Gasteiger partial charge in [-0.3, -0.25) is 5.43 Å². The molecule has 102 valence electrons. The van der Waals surface area contributed by atoms with Crippen LogP contribution in [0.25, 0.3) is 0 Å². The number of aromatic nitrogens is 2. The summed E-state index contributed by atoms with van der Waals surface area (Å²) in [5, 5.41) is 1.87. The van der Waals surface area contributed by atoms with Crippen LogP contribution in [0, 0.1) is 0 Å². The van der Waals surface area contributed by atoms with Crippen molar-refractivity contribution in [3.8, 4) is 0 Å². The number of hydrogen-bond donors (Lipinski definition) is 3. The van der Waals surface area contributed by atoms with E-state index in [0.29, 0.717) is 0 Å². The Morgan fingerprint density at radius 2 is 2.05 bits per heavy atom. The molecule has 2 rings (SSSR count). The minimum atomic E-state index is -3.64. The zero-order valence-corrected chi connectivity index (χ0v) is 12.7. The molecule has 0 aliphatic carbocycles. The molecular weight excluding hydrogens is 354 g/mol. The lowest BCUT2D eigenvalue weighted by Crippen LogP contribution is -2.23. The van der Waals surface area contributed by atoms with Crippen LogP contribution in [0.5, 0.6) is 0 Å². The first-order valence-corrected chi connectivity index (χ1v) is 8.18. The molecule has 10 heteroatoms. The number of halogens is 1. The van der Waals surface area contributed by atoms with Crippen molar-refractivity contribution in [1.29, 1.82) is 0 Å². The van der Waals surface area contributed by atoms with Crippen LogP contribution >= 0.6 is 27.3 Å². The second-order valence-electron chi connectivity index (χ2n) is 3.40. The predicted molar refractivity (Wildman–Crippen MR) is 75.9 cm³/mol. The highest BCUT2D eigenvalue weighted by Crippen LogP contribution is 2.22. The van der Waals surface area contributed by atoms with E-state index >= 15 is 0 Å². The summed E-state index contributed by atoms with van der Waals surface area (Å²) in [7, 11) is -3.64. The molecule has 2 heterocycles. The minimum Gasteiger partial charge on any atom is -0.292 e. The van der Waals surface area contributed by atoms with E-state index in [1.165, 1.54) is 23.7 Å². The Kier molecular flexibility index (Phi) is 4.47. The fourth-order valence-electron chi connectivity index (χ4n) is 1.22. The molecule has 7 nitrogen and oxygen atoms in total. The Bertz CT molecular complexity index is 656. The number of hydrogen-bond acceptors (Lipinski definition) is 7. The van der Waals surface area contributed by atoms with Gasteiger partial charge in [0.25, 0.3) is 0 Å². The Hall–Kier alpha value is -1.07. The van der Waals surface area contributed by atoms with Gasteiger partial charge in [0.05, 0.1) is 12.4 Å². The average Bonchev–Trinajstić information content (AvgIpc) is 2.82. The fourth-order valence-corrected chi connectivity index (χ4v) is 3.63. The second kappa shape index (κ2) is 5.92. The third kappa shape index (κ3) is 3.48. The van der Waals surface area contributed by atoms with Crippen LogP contribution in [-0.4, -0.2) is 18.4 Å². The molecule has 0 aromatic carbocycles. The number of nitrogens with one attached hydrogen (secondary N) is 2. The van der Waals surface area contributed by atoms with E-state index in [2.05, 4.69) is 36.0 Å². The molecule has 0 aliphatic rings. The van der Waals surface area contributed by atoms with Crippen molar-refractivity contribution in [2.45, 2.75) is 11.4 Å². The van der Waals surface area contributed by atoms with E-state index in [9.17, 15) is 8.42 Å². The van der Waals surface area contributed by atoms with Crippen LogP contribution < -0.4 is 16.0 Å². The van der Waals surface area contributed by atoms with Crippen molar-refractivity contribution in [3.05, 3.63) is 33.2 Å². The van der Waals surface area contributed by atoms with Crippen molar-refractivity contribution in [3.63, 3.8) is 0 Å². The van der Waals surface area contributed by atoms with Crippen molar-refractivity contribution < 1.29 is 8.42 Å². The monoisotopic (exact) mass is 363 g/mol. The summed E-state index contributed by atoms with van der Waals surface area (Å²) in [4.78, 5) is 8.38. The van der Waals surface area contributed by atoms with Gasteiger partial charge in [-0.25, -0.2) is 29.0 Å². The second-order valence-corrected chi connectivity index (χ2v) is 7.02. The summed E-state index contributed by atoms with van der Waals surface area (Å²) >= 11 is 4.80. The van der Waals surface area contributed by atoms with Crippen molar-refractivity contribution in [2.75, 3.05) is 5.43 Å². The molecule has 0 unspecified atom stereocenters. The topological polar surface area (TPSA) is 110 Å². The molecule has 0 radical (unpaired) electrons. The first-order valence-electron chi connectivity index (χ1n) is 5.03. The van der Waals surface area contributed by atoms with E-state index < -0.39 is 10.0 Å². The number of sulfonamides is 1. The molecule has 0 spiro atoms.